The first-order valence-corrected chi connectivity index (χ1v) is 8.79. The van der Waals surface area contributed by atoms with Gasteiger partial charge in [-0.05, 0) is 54.7 Å². The predicted octanol–water partition coefficient (Wildman–Crippen LogP) is 4.95. The van der Waals surface area contributed by atoms with Gasteiger partial charge in [0, 0.05) is 0 Å². The van der Waals surface area contributed by atoms with E-state index in [2.05, 4.69) is 6.92 Å². The highest BCUT2D eigenvalue weighted by molar-refractivity contribution is 5.77. The third kappa shape index (κ3) is 4.45. The van der Waals surface area contributed by atoms with Gasteiger partial charge in [-0.15, -0.1) is 0 Å². The van der Waals surface area contributed by atoms with E-state index in [4.69, 9.17) is 14.2 Å². The molecule has 0 spiro atoms. The first kappa shape index (κ1) is 18.1. The van der Waals surface area contributed by atoms with Gasteiger partial charge in [-0.1, -0.05) is 37.3 Å². The van der Waals surface area contributed by atoms with Crippen molar-refractivity contribution < 1.29 is 19.0 Å². The van der Waals surface area contributed by atoms with Gasteiger partial charge in [0.25, 0.3) is 0 Å². The molecule has 3 unspecified atom stereocenters. The number of hydrogen-bond acceptors (Lipinski definition) is 4. The smallest absolute Gasteiger partial charge is 0.310 e. The Labute approximate surface area is 154 Å². The largest absolute Gasteiger partial charge is 0.502 e. The second kappa shape index (κ2) is 8.09. The summed E-state index contributed by atoms with van der Waals surface area (Å²) in [6, 6.07) is 17.2. The zero-order valence-corrected chi connectivity index (χ0v) is 15.3. The van der Waals surface area contributed by atoms with Crippen molar-refractivity contribution in [2.24, 2.45) is 17.8 Å². The molecule has 0 saturated heterocycles. The van der Waals surface area contributed by atoms with Crippen molar-refractivity contribution in [1.29, 1.82) is 0 Å². The maximum atomic E-state index is 12.3. The highest BCUT2D eigenvalue weighted by atomic mass is 16.5. The lowest BCUT2D eigenvalue weighted by atomic mass is 10.2. The molecule has 136 valence electrons. The summed E-state index contributed by atoms with van der Waals surface area (Å²) in [7, 11) is 1.64. The van der Waals surface area contributed by atoms with Crippen molar-refractivity contribution in [2.75, 3.05) is 7.11 Å². The van der Waals surface area contributed by atoms with E-state index < -0.39 is 0 Å². The quantitative estimate of drug-likeness (QED) is 0.522. The van der Waals surface area contributed by atoms with Crippen LogP contribution in [0.3, 0.4) is 0 Å². The zero-order valence-electron chi connectivity index (χ0n) is 15.3. The average molecular weight is 352 g/mol. The van der Waals surface area contributed by atoms with Crippen molar-refractivity contribution in [3.8, 4) is 11.5 Å². The van der Waals surface area contributed by atoms with E-state index in [0.717, 1.165) is 22.8 Å². The first-order valence-electron chi connectivity index (χ1n) is 8.79. The molecular weight excluding hydrogens is 328 g/mol. The molecule has 1 fully saturated rings. The molecule has 0 N–H and O–H groups in total. The van der Waals surface area contributed by atoms with Crippen LogP contribution in [0.25, 0.3) is 0 Å². The number of ether oxygens (including phenoxy) is 3. The van der Waals surface area contributed by atoms with Crippen molar-refractivity contribution in [3.63, 3.8) is 0 Å². The van der Waals surface area contributed by atoms with E-state index in [1.54, 1.807) is 7.11 Å². The number of esters is 1. The van der Waals surface area contributed by atoms with Crippen LogP contribution >= 0.6 is 0 Å². The molecule has 2 aromatic carbocycles. The summed E-state index contributed by atoms with van der Waals surface area (Å²) in [5.41, 5.74) is 0.903. The van der Waals surface area contributed by atoms with E-state index in [-0.39, 0.29) is 24.4 Å². The van der Waals surface area contributed by atoms with Crippen LogP contribution in [-0.2, 0) is 20.9 Å². The average Bonchev–Trinajstić information content (AvgIpc) is 3.29. The summed E-state index contributed by atoms with van der Waals surface area (Å²) in [6.07, 6.45) is 2.00. The molecule has 4 nitrogen and oxygen atoms in total. The van der Waals surface area contributed by atoms with Gasteiger partial charge in [-0.3, -0.25) is 4.79 Å². The maximum absolute atomic E-state index is 12.3. The maximum Gasteiger partial charge on any atom is 0.310 e. The lowest BCUT2D eigenvalue weighted by molar-refractivity contribution is -0.147. The summed E-state index contributed by atoms with van der Waals surface area (Å²) in [4.78, 5) is 12.3. The predicted molar refractivity (Wildman–Crippen MR) is 99.7 cm³/mol. The Morgan fingerprint density at radius 3 is 2.54 bits per heavy atom. The van der Waals surface area contributed by atoms with E-state index in [1.165, 1.54) is 0 Å². The highest BCUT2D eigenvalue weighted by Crippen LogP contribution is 2.48. The van der Waals surface area contributed by atoms with Gasteiger partial charge >= 0.3 is 5.97 Å². The van der Waals surface area contributed by atoms with E-state index >= 15 is 0 Å². The molecule has 0 amide bonds. The zero-order chi connectivity index (χ0) is 18.5. The van der Waals surface area contributed by atoms with Crippen LogP contribution in [0.1, 0.15) is 19.4 Å². The second-order valence-electron chi connectivity index (χ2n) is 6.61. The molecule has 0 aliphatic heterocycles. The fourth-order valence-electron chi connectivity index (χ4n) is 3.03. The number of allylic oxidation sites excluding steroid dienone is 2. The summed E-state index contributed by atoms with van der Waals surface area (Å²) in [6.45, 7) is 4.20. The minimum atomic E-state index is -0.156. The Morgan fingerprint density at radius 2 is 1.81 bits per heavy atom. The van der Waals surface area contributed by atoms with Crippen LogP contribution in [0.2, 0.25) is 0 Å². The molecule has 0 bridgehead atoms. The van der Waals surface area contributed by atoms with Crippen molar-refractivity contribution in [1.82, 2.24) is 0 Å². The van der Waals surface area contributed by atoms with Gasteiger partial charge in [0.15, 0.2) is 0 Å². The molecule has 1 aliphatic carbocycles. The minimum absolute atomic E-state index is 0.0798. The Morgan fingerprint density at radius 1 is 1.08 bits per heavy atom. The minimum Gasteiger partial charge on any atom is -0.502 e. The van der Waals surface area contributed by atoms with Crippen molar-refractivity contribution in [2.45, 2.75) is 20.5 Å². The monoisotopic (exact) mass is 352 g/mol. The number of rotatable bonds is 7. The summed E-state index contributed by atoms with van der Waals surface area (Å²) in [5, 5.41) is 0. The topological polar surface area (TPSA) is 44.8 Å². The van der Waals surface area contributed by atoms with Gasteiger partial charge in [0.1, 0.15) is 18.1 Å². The molecule has 1 aliphatic rings. The lowest BCUT2D eigenvalue weighted by Gasteiger charge is -2.08. The molecule has 1 saturated carbocycles. The molecule has 0 heterocycles. The van der Waals surface area contributed by atoms with Crippen molar-refractivity contribution in [3.05, 3.63) is 72.0 Å². The third-order valence-corrected chi connectivity index (χ3v) is 4.73. The summed E-state index contributed by atoms with van der Waals surface area (Å²) < 4.78 is 16.5. The van der Waals surface area contributed by atoms with Crippen molar-refractivity contribution >= 4 is 5.97 Å². The van der Waals surface area contributed by atoms with Crippen LogP contribution in [0.4, 0.5) is 0 Å². The van der Waals surface area contributed by atoms with E-state index in [1.807, 2.05) is 67.6 Å². The Bertz CT molecular complexity index is 782. The van der Waals surface area contributed by atoms with Crippen LogP contribution in [-0.4, -0.2) is 13.1 Å². The fourth-order valence-corrected chi connectivity index (χ4v) is 3.03. The number of benzene rings is 2. The van der Waals surface area contributed by atoms with Gasteiger partial charge in [-0.25, -0.2) is 0 Å². The van der Waals surface area contributed by atoms with Gasteiger partial charge in [-0.2, -0.15) is 0 Å². The lowest BCUT2D eigenvalue weighted by Crippen LogP contribution is -2.08. The van der Waals surface area contributed by atoms with E-state index in [0.29, 0.717) is 5.92 Å². The molecular formula is C22H24O4. The van der Waals surface area contributed by atoms with E-state index in [9.17, 15) is 4.79 Å². The standard InChI is InChI=1S/C22H24O4/c1-15(24-3)12-20-16(2)21(20)22(23)25-14-17-8-7-11-19(13-17)26-18-9-5-4-6-10-18/h4-13,16,20-21H,14H2,1-3H3. The van der Waals surface area contributed by atoms with Crippen LogP contribution < -0.4 is 4.74 Å². The highest BCUT2D eigenvalue weighted by Gasteiger charge is 2.51. The molecule has 4 heteroatoms. The molecule has 0 aromatic heterocycles. The molecule has 3 rings (SSSR count). The Hall–Kier alpha value is -2.75. The number of carbonyl (C=O) groups excluding carboxylic acids is 1. The normalized spacial score (nSPS) is 21.8. The van der Waals surface area contributed by atoms with Gasteiger partial charge in [0.05, 0.1) is 18.8 Å². The molecule has 0 radical (unpaired) electrons. The third-order valence-electron chi connectivity index (χ3n) is 4.73. The van der Waals surface area contributed by atoms with Crippen LogP contribution in [0.5, 0.6) is 11.5 Å². The summed E-state index contributed by atoms with van der Waals surface area (Å²) >= 11 is 0. The SMILES string of the molecule is COC(C)=CC1C(C)C1C(=O)OCc1cccc(Oc2ccccc2)c1. The first-order chi connectivity index (χ1) is 12.6. The van der Waals surface area contributed by atoms with Crippen LogP contribution in [0.15, 0.2) is 66.4 Å². The number of hydrogen-bond donors (Lipinski definition) is 0. The number of para-hydroxylation sites is 1. The fraction of sp³-hybridized carbons (Fsp3) is 0.318. The van der Waals surface area contributed by atoms with Gasteiger partial charge < -0.3 is 14.2 Å². The second-order valence-corrected chi connectivity index (χ2v) is 6.61. The Balaban J connectivity index is 1.55. The summed E-state index contributed by atoms with van der Waals surface area (Å²) in [5.74, 6) is 2.59. The molecule has 3 atom stereocenters. The number of carbonyl (C=O) groups is 1. The molecule has 26 heavy (non-hydrogen) atoms. The van der Waals surface area contributed by atoms with Crippen LogP contribution in [0, 0.1) is 17.8 Å². The Kier molecular flexibility index (Phi) is 5.61. The molecule has 2 aromatic rings. The van der Waals surface area contributed by atoms with Gasteiger partial charge in [0.2, 0.25) is 0 Å². The number of methoxy groups -OCH3 is 1.